The molecule has 20 heavy (non-hydrogen) atoms. The third-order valence-corrected chi connectivity index (χ3v) is 3.63. The highest BCUT2D eigenvalue weighted by atomic mass is 16.4. The summed E-state index contributed by atoms with van der Waals surface area (Å²) in [5.41, 5.74) is 0. The number of piperazine rings is 1. The molecule has 0 aromatic rings. The van der Waals surface area contributed by atoms with E-state index in [0.717, 1.165) is 19.5 Å². The Hall–Kier alpha value is -1.63. The van der Waals surface area contributed by atoms with Gasteiger partial charge in [-0.05, 0) is 13.3 Å². The molecule has 0 aliphatic carbocycles. The van der Waals surface area contributed by atoms with Crippen molar-refractivity contribution in [3.63, 3.8) is 0 Å². The van der Waals surface area contributed by atoms with Gasteiger partial charge in [0.15, 0.2) is 0 Å². The fourth-order valence-electron chi connectivity index (χ4n) is 2.11. The summed E-state index contributed by atoms with van der Waals surface area (Å²) < 4.78 is 0. The number of urea groups is 1. The standard InChI is InChI=1S/C13H23N3O4/c1-3-10(2)15-6-8-16(9-7-15)13(20)14-11(17)4-5-12(18)19/h10H,3-9H2,1-2H3,(H,18,19)(H,14,17,20). The molecule has 3 amide bonds. The largest absolute Gasteiger partial charge is 0.481 e. The van der Waals surface area contributed by atoms with Crippen LogP contribution in [0.4, 0.5) is 4.79 Å². The van der Waals surface area contributed by atoms with E-state index in [4.69, 9.17) is 5.11 Å². The number of carboxylic acid groups (broad SMARTS) is 1. The molecular formula is C13H23N3O4. The lowest BCUT2D eigenvalue weighted by Gasteiger charge is -2.37. The Morgan fingerprint density at radius 2 is 1.75 bits per heavy atom. The molecule has 0 radical (unpaired) electrons. The van der Waals surface area contributed by atoms with E-state index in [9.17, 15) is 14.4 Å². The van der Waals surface area contributed by atoms with Crippen LogP contribution in [-0.2, 0) is 9.59 Å². The maximum absolute atomic E-state index is 11.8. The Balaban J connectivity index is 2.32. The van der Waals surface area contributed by atoms with Gasteiger partial charge in [-0.2, -0.15) is 0 Å². The third-order valence-electron chi connectivity index (χ3n) is 3.63. The summed E-state index contributed by atoms with van der Waals surface area (Å²) in [5, 5.41) is 10.7. The maximum Gasteiger partial charge on any atom is 0.324 e. The molecule has 1 aliphatic heterocycles. The summed E-state index contributed by atoms with van der Waals surface area (Å²) in [6, 6.07) is 0.0709. The van der Waals surface area contributed by atoms with Gasteiger partial charge in [-0.3, -0.25) is 19.8 Å². The molecule has 1 atom stereocenters. The summed E-state index contributed by atoms with van der Waals surface area (Å²) in [6.07, 6.45) is 0.634. The number of hydrogen-bond acceptors (Lipinski definition) is 4. The summed E-state index contributed by atoms with van der Waals surface area (Å²) in [6.45, 7) is 7.05. The number of imide groups is 1. The minimum absolute atomic E-state index is 0.173. The molecule has 2 N–H and O–H groups in total. The minimum Gasteiger partial charge on any atom is -0.481 e. The zero-order valence-corrected chi connectivity index (χ0v) is 12.1. The van der Waals surface area contributed by atoms with E-state index in [1.165, 1.54) is 0 Å². The van der Waals surface area contributed by atoms with Crippen LogP contribution in [0.1, 0.15) is 33.1 Å². The molecule has 7 heteroatoms. The van der Waals surface area contributed by atoms with Crippen molar-refractivity contribution in [2.75, 3.05) is 26.2 Å². The molecule has 0 spiro atoms. The van der Waals surface area contributed by atoms with E-state index in [-0.39, 0.29) is 12.8 Å². The Morgan fingerprint density at radius 1 is 1.15 bits per heavy atom. The van der Waals surface area contributed by atoms with E-state index < -0.39 is 17.9 Å². The highest BCUT2D eigenvalue weighted by Gasteiger charge is 2.24. The molecule has 0 saturated carbocycles. The predicted molar refractivity (Wildman–Crippen MR) is 73.3 cm³/mol. The molecule has 0 aromatic carbocycles. The Bertz CT molecular complexity index is 365. The number of aliphatic carboxylic acids is 1. The Labute approximate surface area is 118 Å². The van der Waals surface area contributed by atoms with E-state index in [1.54, 1.807) is 4.90 Å². The molecule has 114 valence electrons. The van der Waals surface area contributed by atoms with Gasteiger partial charge in [0.2, 0.25) is 5.91 Å². The molecule has 0 bridgehead atoms. The number of hydrogen-bond donors (Lipinski definition) is 2. The summed E-state index contributed by atoms with van der Waals surface area (Å²) in [4.78, 5) is 37.5. The van der Waals surface area contributed by atoms with Crippen LogP contribution in [0.15, 0.2) is 0 Å². The van der Waals surface area contributed by atoms with Gasteiger partial charge in [-0.25, -0.2) is 4.79 Å². The smallest absolute Gasteiger partial charge is 0.324 e. The molecule has 1 aliphatic rings. The van der Waals surface area contributed by atoms with Crippen molar-refractivity contribution in [2.24, 2.45) is 0 Å². The van der Waals surface area contributed by atoms with E-state index in [0.29, 0.717) is 19.1 Å². The van der Waals surface area contributed by atoms with Crippen molar-refractivity contribution in [1.82, 2.24) is 15.1 Å². The first kappa shape index (κ1) is 16.4. The lowest BCUT2D eigenvalue weighted by Crippen LogP contribution is -2.54. The molecule has 0 aromatic heterocycles. The van der Waals surface area contributed by atoms with Gasteiger partial charge in [0, 0.05) is 38.6 Å². The van der Waals surface area contributed by atoms with E-state index in [1.807, 2.05) is 0 Å². The minimum atomic E-state index is -1.05. The quantitative estimate of drug-likeness (QED) is 0.768. The topological polar surface area (TPSA) is 90.0 Å². The monoisotopic (exact) mass is 285 g/mol. The van der Waals surface area contributed by atoms with Crippen molar-refractivity contribution in [3.8, 4) is 0 Å². The summed E-state index contributed by atoms with van der Waals surface area (Å²) in [7, 11) is 0. The second-order valence-corrected chi connectivity index (χ2v) is 5.03. The number of amides is 3. The van der Waals surface area contributed by atoms with Gasteiger partial charge < -0.3 is 10.0 Å². The van der Waals surface area contributed by atoms with Crippen LogP contribution in [0.2, 0.25) is 0 Å². The highest BCUT2D eigenvalue weighted by molar-refractivity contribution is 5.95. The average molecular weight is 285 g/mol. The first-order valence-corrected chi connectivity index (χ1v) is 6.98. The van der Waals surface area contributed by atoms with Crippen LogP contribution in [0, 0.1) is 0 Å². The number of nitrogens with zero attached hydrogens (tertiary/aromatic N) is 2. The van der Waals surface area contributed by atoms with Gasteiger partial charge in [0.1, 0.15) is 0 Å². The summed E-state index contributed by atoms with van der Waals surface area (Å²) in [5.74, 6) is -1.59. The van der Waals surface area contributed by atoms with Crippen LogP contribution in [0.25, 0.3) is 0 Å². The molecule has 1 rings (SSSR count). The molecule has 1 fully saturated rings. The van der Waals surface area contributed by atoms with E-state index in [2.05, 4.69) is 24.1 Å². The predicted octanol–water partition coefficient (Wildman–Crippen LogP) is 0.504. The van der Waals surface area contributed by atoms with Crippen LogP contribution >= 0.6 is 0 Å². The van der Waals surface area contributed by atoms with Crippen LogP contribution in [0.5, 0.6) is 0 Å². The second kappa shape index (κ2) is 7.84. The number of carbonyl (C=O) groups excluding carboxylic acids is 2. The lowest BCUT2D eigenvalue weighted by molar-refractivity contribution is -0.138. The van der Waals surface area contributed by atoms with Crippen molar-refractivity contribution in [2.45, 2.75) is 39.2 Å². The average Bonchev–Trinajstić information content (AvgIpc) is 2.44. The third kappa shape index (κ3) is 5.16. The van der Waals surface area contributed by atoms with Crippen molar-refractivity contribution in [1.29, 1.82) is 0 Å². The van der Waals surface area contributed by atoms with Gasteiger partial charge in [-0.1, -0.05) is 6.92 Å². The first-order valence-electron chi connectivity index (χ1n) is 6.98. The molecular weight excluding hydrogens is 262 g/mol. The molecule has 7 nitrogen and oxygen atoms in total. The van der Waals surface area contributed by atoms with Crippen molar-refractivity contribution in [3.05, 3.63) is 0 Å². The Morgan fingerprint density at radius 3 is 2.25 bits per heavy atom. The fourth-order valence-corrected chi connectivity index (χ4v) is 2.11. The zero-order valence-electron chi connectivity index (χ0n) is 12.1. The summed E-state index contributed by atoms with van der Waals surface area (Å²) >= 11 is 0. The van der Waals surface area contributed by atoms with Crippen LogP contribution in [-0.4, -0.2) is 65.0 Å². The first-order chi connectivity index (χ1) is 9.43. The highest BCUT2D eigenvalue weighted by Crippen LogP contribution is 2.08. The van der Waals surface area contributed by atoms with Crippen molar-refractivity contribution < 1.29 is 19.5 Å². The molecule has 1 heterocycles. The lowest BCUT2D eigenvalue weighted by atomic mass is 10.2. The SMILES string of the molecule is CCC(C)N1CCN(C(=O)NC(=O)CCC(=O)O)CC1. The van der Waals surface area contributed by atoms with Gasteiger partial charge in [-0.15, -0.1) is 0 Å². The van der Waals surface area contributed by atoms with Gasteiger partial charge in [0.05, 0.1) is 6.42 Å². The molecule has 1 unspecified atom stereocenters. The maximum atomic E-state index is 11.8. The zero-order chi connectivity index (χ0) is 15.1. The van der Waals surface area contributed by atoms with Gasteiger partial charge >= 0.3 is 12.0 Å². The van der Waals surface area contributed by atoms with Crippen molar-refractivity contribution >= 4 is 17.9 Å². The normalized spacial score (nSPS) is 17.6. The molecule has 1 saturated heterocycles. The Kier molecular flexibility index (Phi) is 6.44. The van der Waals surface area contributed by atoms with E-state index >= 15 is 0 Å². The second-order valence-electron chi connectivity index (χ2n) is 5.03. The number of nitrogens with one attached hydrogen (secondary N) is 1. The van der Waals surface area contributed by atoms with Crippen LogP contribution < -0.4 is 5.32 Å². The fraction of sp³-hybridized carbons (Fsp3) is 0.769. The number of rotatable bonds is 5. The van der Waals surface area contributed by atoms with Crippen LogP contribution in [0.3, 0.4) is 0 Å². The van der Waals surface area contributed by atoms with Gasteiger partial charge in [0.25, 0.3) is 0 Å². The number of carbonyl (C=O) groups is 3. The number of carboxylic acids is 1.